The molecular weight excluding hydrogens is 268 g/mol. The van der Waals surface area contributed by atoms with Gasteiger partial charge < -0.3 is 19.5 Å². The summed E-state index contributed by atoms with van der Waals surface area (Å²) in [6.45, 7) is 2.61. The lowest BCUT2D eigenvalue weighted by molar-refractivity contribution is 0.347. The first-order chi connectivity index (χ1) is 10.2. The Morgan fingerprint density at radius 2 is 1.57 bits per heavy atom. The topological polar surface area (TPSA) is 52.6 Å². The zero-order valence-electron chi connectivity index (χ0n) is 12.8. The quantitative estimate of drug-likeness (QED) is 0.885. The van der Waals surface area contributed by atoms with Crippen LogP contribution in [-0.4, -0.2) is 26.3 Å². The fourth-order valence-corrected chi connectivity index (χ4v) is 2.08. The maximum atomic E-state index is 5.41. The highest BCUT2D eigenvalue weighted by Crippen LogP contribution is 2.34. The van der Waals surface area contributed by atoms with Crippen LogP contribution in [-0.2, 0) is 6.54 Å². The van der Waals surface area contributed by atoms with Crippen LogP contribution in [0, 0.1) is 6.92 Å². The van der Waals surface area contributed by atoms with Crippen molar-refractivity contribution in [3.05, 3.63) is 41.7 Å². The third-order valence-electron chi connectivity index (χ3n) is 3.14. The van der Waals surface area contributed by atoms with Gasteiger partial charge in [-0.3, -0.25) is 4.98 Å². The number of anilines is 1. The molecule has 0 amide bonds. The van der Waals surface area contributed by atoms with Crippen LogP contribution in [0.15, 0.2) is 30.6 Å². The molecular formula is C16H20N2O3. The fourth-order valence-electron chi connectivity index (χ4n) is 2.08. The van der Waals surface area contributed by atoms with Crippen molar-refractivity contribution in [3.8, 4) is 17.2 Å². The van der Waals surface area contributed by atoms with E-state index < -0.39 is 0 Å². The molecule has 0 bridgehead atoms. The molecule has 2 aromatic rings. The van der Waals surface area contributed by atoms with Crippen LogP contribution in [0.2, 0.25) is 0 Å². The molecule has 1 heterocycles. The molecule has 0 unspecified atom stereocenters. The Morgan fingerprint density at radius 3 is 2.19 bits per heavy atom. The molecule has 0 aliphatic heterocycles. The minimum atomic E-state index is 0.606. The Balaban J connectivity index is 2.22. The maximum absolute atomic E-state index is 5.41. The van der Waals surface area contributed by atoms with Gasteiger partial charge in [0.25, 0.3) is 0 Å². The summed E-state index contributed by atoms with van der Waals surface area (Å²) >= 11 is 0. The number of nitrogens with zero attached hydrogens (tertiary/aromatic N) is 1. The van der Waals surface area contributed by atoms with Crippen LogP contribution in [0.1, 0.15) is 11.1 Å². The van der Waals surface area contributed by atoms with E-state index in [1.165, 1.54) is 0 Å². The molecule has 0 fully saturated rings. The maximum Gasteiger partial charge on any atom is 0.164 e. The molecule has 5 nitrogen and oxygen atoms in total. The predicted molar refractivity (Wildman–Crippen MR) is 82.4 cm³/mol. The van der Waals surface area contributed by atoms with E-state index in [1.807, 2.05) is 31.3 Å². The SMILES string of the molecule is COc1cc(OC)c(OC)cc1CNc1cncc(C)c1. The highest BCUT2D eigenvalue weighted by atomic mass is 16.5. The molecule has 1 aromatic carbocycles. The van der Waals surface area contributed by atoms with Gasteiger partial charge in [0.15, 0.2) is 11.5 Å². The molecule has 1 aromatic heterocycles. The van der Waals surface area contributed by atoms with E-state index >= 15 is 0 Å². The van der Waals surface area contributed by atoms with Crippen LogP contribution in [0.25, 0.3) is 0 Å². The van der Waals surface area contributed by atoms with Crippen molar-refractivity contribution in [1.29, 1.82) is 0 Å². The van der Waals surface area contributed by atoms with E-state index in [-0.39, 0.29) is 0 Å². The van der Waals surface area contributed by atoms with Crippen molar-refractivity contribution >= 4 is 5.69 Å². The number of hydrogen-bond acceptors (Lipinski definition) is 5. The Labute approximate surface area is 124 Å². The number of benzene rings is 1. The largest absolute Gasteiger partial charge is 0.496 e. The zero-order chi connectivity index (χ0) is 15.2. The first kappa shape index (κ1) is 15.0. The zero-order valence-corrected chi connectivity index (χ0v) is 12.8. The average Bonchev–Trinajstić information content (AvgIpc) is 2.52. The molecule has 0 aliphatic carbocycles. The molecule has 0 spiro atoms. The lowest BCUT2D eigenvalue weighted by atomic mass is 10.1. The van der Waals surface area contributed by atoms with Crippen LogP contribution in [0.3, 0.4) is 0 Å². The predicted octanol–water partition coefficient (Wildman–Crippen LogP) is 3.03. The second-order valence-corrected chi connectivity index (χ2v) is 4.62. The molecule has 5 heteroatoms. The summed E-state index contributed by atoms with van der Waals surface area (Å²) in [4.78, 5) is 4.16. The highest BCUT2D eigenvalue weighted by Gasteiger charge is 2.11. The number of methoxy groups -OCH3 is 3. The number of hydrogen-bond donors (Lipinski definition) is 1. The Bertz CT molecular complexity index is 614. The second-order valence-electron chi connectivity index (χ2n) is 4.62. The van der Waals surface area contributed by atoms with Crippen LogP contribution in [0.4, 0.5) is 5.69 Å². The van der Waals surface area contributed by atoms with Gasteiger partial charge in [0.05, 0.1) is 27.0 Å². The molecule has 2 rings (SSSR count). The van der Waals surface area contributed by atoms with Crippen molar-refractivity contribution < 1.29 is 14.2 Å². The normalized spacial score (nSPS) is 10.1. The molecule has 21 heavy (non-hydrogen) atoms. The van der Waals surface area contributed by atoms with Crippen molar-refractivity contribution in [2.24, 2.45) is 0 Å². The number of pyridine rings is 1. The van der Waals surface area contributed by atoms with Gasteiger partial charge >= 0.3 is 0 Å². The summed E-state index contributed by atoms with van der Waals surface area (Å²) in [5.41, 5.74) is 3.06. The number of nitrogens with one attached hydrogen (secondary N) is 1. The number of ether oxygens (including phenoxy) is 3. The van der Waals surface area contributed by atoms with Gasteiger partial charge in [0.2, 0.25) is 0 Å². The van der Waals surface area contributed by atoms with Crippen LogP contribution < -0.4 is 19.5 Å². The number of aromatic nitrogens is 1. The minimum absolute atomic E-state index is 0.606. The minimum Gasteiger partial charge on any atom is -0.496 e. The first-order valence-corrected chi connectivity index (χ1v) is 6.62. The van der Waals surface area contributed by atoms with Crippen LogP contribution >= 0.6 is 0 Å². The van der Waals surface area contributed by atoms with Gasteiger partial charge in [-0.05, 0) is 24.6 Å². The highest BCUT2D eigenvalue weighted by molar-refractivity contribution is 5.52. The van der Waals surface area contributed by atoms with E-state index in [1.54, 1.807) is 27.5 Å². The standard InChI is InChI=1S/C16H20N2O3/c1-11-5-13(10-17-8-11)18-9-12-6-15(20-3)16(21-4)7-14(12)19-2/h5-8,10,18H,9H2,1-4H3. The average molecular weight is 288 g/mol. The lowest BCUT2D eigenvalue weighted by Gasteiger charge is -2.15. The molecule has 0 saturated heterocycles. The summed E-state index contributed by atoms with van der Waals surface area (Å²) in [5.74, 6) is 2.08. The molecule has 1 N–H and O–H groups in total. The summed E-state index contributed by atoms with van der Waals surface area (Å²) in [5, 5.41) is 3.33. The van der Waals surface area contributed by atoms with Gasteiger partial charge in [-0.15, -0.1) is 0 Å². The van der Waals surface area contributed by atoms with E-state index in [0.29, 0.717) is 18.0 Å². The van der Waals surface area contributed by atoms with Crippen molar-refractivity contribution in [3.63, 3.8) is 0 Å². The summed E-state index contributed by atoms with van der Waals surface area (Å²) in [7, 11) is 4.86. The van der Waals surface area contributed by atoms with Gasteiger partial charge in [0.1, 0.15) is 5.75 Å². The van der Waals surface area contributed by atoms with E-state index in [2.05, 4.69) is 10.3 Å². The van der Waals surface area contributed by atoms with Crippen molar-refractivity contribution in [2.75, 3.05) is 26.6 Å². The van der Waals surface area contributed by atoms with E-state index in [4.69, 9.17) is 14.2 Å². The third kappa shape index (κ3) is 3.56. The third-order valence-corrected chi connectivity index (χ3v) is 3.14. The Morgan fingerprint density at radius 1 is 0.905 bits per heavy atom. The molecule has 0 aliphatic rings. The summed E-state index contributed by atoms with van der Waals surface area (Å²) in [6, 6.07) is 5.78. The summed E-state index contributed by atoms with van der Waals surface area (Å²) in [6.07, 6.45) is 3.61. The monoisotopic (exact) mass is 288 g/mol. The first-order valence-electron chi connectivity index (χ1n) is 6.62. The van der Waals surface area contributed by atoms with Crippen LogP contribution in [0.5, 0.6) is 17.2 Å². The van der Waals surface area contributed by atoms with Gasteiger partial charge in [-0.1, -0.05) is 0 Å². The fraction of sp³-hybridized carbons (Fsp3) is 0.312. The van der Waals surface area contributed by atoms with E-state index in [0.717, 1.165) is 22.6 Å². The molecule has 0 radical (unpaired) electrons. The number of aryl methyl sites for hydroxylation is 1. The summed E-state index contributed by atoms with van der Waals surface area (Å²) < 4.78 is 16.0. The number of rotatable bonds is 6. The molecule has 0 atom stereocenters. The Kier molecular flexibility index (Phi) is 4.87. The van der Waals surface area contributed by atoms with Gasteiger partial charge in [0, 0.05) is 30.6 Å². The lowest BCUT2D eigenvalue weighted by Crippen LogP contribution is -2.03. The molecule has 112 valence electrons. The van der Waals surface area contributed by atoms with E-state index in [9.17, 15) is 0 Å². The van der Waals surface area contributed by atoms with Gasteiger partial charge in [-0.2, -0.15) is 0 Å². The Hall–Kier alpha value is -2.43. The van der Waals surface area contributed by atoms with Crippen molar-refractivity contribution in [2.45, 2.75) is 13.5 Å². The molecule has 0 saturated carbocycles. The van der Waals surface area contributed by atoms with Gasteiger partial charge in [-0.25, -0.2) is 0 Å². The smallest absolute Gasteiger partial charge is 0.164 e. The van der Waals surface area contributed by atoms with Crippen molar-refractivity contribution in [1.82, 2.24) is 4.98 Å². The second kappa shape index (κ2) is 6.83.